The molecule has 0 saturated carbocycles. The molecule has 1 aromatic carbocycles. The van der Waals surface area contributed by atoms with Crippen LogP contribution in [-0.2, 0) is 19.9 Å². The van der Waals surface area contributed by atoms with Crippen LogP contribution in [-0.4, -0.2) is 35.9 Å². The monoisotopic (exact) mass is 302 g/mol. The van der Waals surface area contributed by atoms with E-state index in [0.29, 0.717) is 6.61 Å². The van der Waals surface area contributed by atoms with Gasteiger partial charge in [-0.3, -0.25) is 0 Å². The summed E-state index contributed by atoms with van der Waals surface area (Å²) in [6.45, 7) is 0.477. The number of benzene rings is 1. The van der Waals surface area contributed by atoms with Crippen LogP contribution in [0.25, 0.3) is 0 Å². The Labute approximate surface area is 121 Å². The van der Waals surface area contributed by atoms with E-state index < -0.39 is 8.80 Å². The van der Waals surface area contributed by atoms with E-state index in [2.05, 4.69) is 12.6 Å². The highest BCUT2D eigenvalue weighted by Crippen LogP contribution is 2.19. The van der Waals surface area contributed by atoms with Crippen LogP contribution in [0.5, 0.6) is 5.75 Å². The molecule has 0 aliphatic heterocycles. The number of hydrogen-bond donors (Lipinski definition) is 1. The smallest absolute Gasteiger partial charge is 0.497 e. The van der Waals surface area contributed by atoms with Crippen molar-refractivity contribution in [1.82, 2.24) is 0 Å². The van der Waals surface area contributed by atoms with Gasteiger partial charge in [-0.1, -0.05) is 12.1 Å². The lowest BCUT2D eigenvalue weighted by Crippen LogP contribution is -2.43. The molecule has 0 heterocycles. The molecule has 1 aromatic rings. The first-order chi connectivity index (χ1) is 9.19. The number of methoxy groups -OCH3 is 1. The molecular weight excluding hydrogens is 280 g/mol. The Bertz CT molecular complexity index is 354. The highest BCUT2D eigenvalue weighted by molar-refractivity contribution is 7.80. The van der Waals surface area contributed by atoms with Crippen molar-refractivity contribution in [3.05, 3.63) is 29.8 Å². The van der Waals surface area contributed by atoms with Gasteiger partial charge < -0.3 is 18.0 Å². The molecule has 0 aromatic heterocycles. The summed E-state index contributed by atoms with van der Waals surface area (Å²) in [6.07, 6.45) is 0.916. The lowest BCUT2D eigenvalue weighted by atomic mass is 10.2. The molecule has 0 spiro atoms. The molecule has 0 aliphatic carbocycles. The van der Waals surface area contributed by atoms with Gasteiger partial charge in [0.05, 0.1) is 13.7 Å². The van der Waals surface area contributed by atoms with Crippen molar-refractivity contribution >= 4 is 21.4 Å². The van der Waals surface area contributed by atoms with E-state index in [4.69, 9.17) is 18.0 Å². The number of ether oxygens (including phenoxy) is 1. The first kappa shape index (κ1) is 16.5. The lowest BCUT2D eigenvalue weighted by Gasteiger charge is -2.26. The summed E-state index contributed by atoms with van der Waals surface area (Å²) in [5.74, 6) is 1.63. The van der Waals surface area contributed by atoms with Crippen LogP contribution in [0.2, 0.25) is 6.04 Å². The standard InChI is InChI=1S/C13H22O4SSi/c1-14-13-7-5-12(6-8-13)11-17-19(15-2,16-3)10-4-9-18/h5-8,18H,4,9-11H2,1-3H3. The molecule has 4 nitrogen and oxygen atoms in total. The third kappa shape index (κ3) is 5.16. The summed E-state index contributed by atoms with van der Waals surface area (Å²) >= 11 is 4.21. The predicted octanol–water partition coefficient (Wildman–Crippen LogP) is 2.76. The Kier molecular flexibility index (Phi) is 7.48. The van der Waals surface area contributed by atoms with Gasteiger partial charge in [-0.2, -0.15) is 12.6 Å². The van der Waals surface area contributed by atoms with Gasteiger partial charge in [0.1, 0.15) is 5.75 Å². The molecule has 19 heavy (non-hydrogen) atoms. The highest BCUT2D eigenvalue weighted by atomic mass is 32.1. The quantitative estimate of drug-likeness (QED) is 0.562. The van der Waals surface area contributed by atoms with Crippen molar-refractivity contribution in [2.45, 2.75) is 19.1 Å². The maximum absolute atomic E-state index is 5.91. The maximum Gasteiger partial charge on any atom is 0.500 e. The summed E-state index contributed by atoms with van der Waals surface area (Å²) in [5.41, 5.74) is 1.07. The minimum absolute atomic E-state index is 0.477. The molecule has 0 fully saturated rings. The van der Waals surface area contributed by atoms with E-state index in [0.717, 1.165) is 29.5 Å². The Morgan fingerprint density at radius 1 is 1.05 bits per heavy atom. The van der Waals surface area contributed by atoms with Crippen molar-refractivity contribution in [3.63, 3.8) is 0 Å². The van der Waals surface area contributed by atoms with E-state index in [1.165, 1.54) is 0 Å². The van der Waals surface area contributed by atoms with Crippen LogP contribution in [0.1, 0.15) is 12.0 Å². The van der Waals surface area contributed by atoms with Crippen molar-refractivity contribution in [2.24, 2.45) is 0 Å². The third-order valence-corrected chi connectivity index (χ3v) is 5.99. The van der Waals surface area contributed by atoms with E-state index >= 15 is 0 Å². The summed E-state index contributed by atoms with van der Waals surface area (Å²) in [6, 6.07) is 8.55. The molecule has 0 atom stereocenters. The second-order valence-electron chi connectivity index (χ2n) is 4.06. The maximum atomic E-state index is 5.91. The summed E-state index contributed by atoms with van der Waals surface area (Å²) < 4.78 is 22.0. The van der Waals surface area contributed by atoms with Crippen molar-refractivity contribution in [1.29, 1.82) is 0 Å². The first-order valence-corrected chi connectivity index (χ1v) is 8.74. The van der Waals surface area contributed by atoms with Crippen molar-refractivity contribution in [3.8, 4) is 5.75 Å². The zero-order chi connectivity index (χ0) is 14.1. The van der Waals surface area contributed by atoms with Gasteiger partial charge in [-0.05, 0) is 29.9 Å². The lowest BCUT2D eigenvalue weighted by molar-refractivity contribution is 0.0912. The molecular formula is C13H22O4SSi. The molecule has 0 saturated heterocycles. The molecule has 0 amide bonds. The normalized spacial score (nSPS) is 11.6. The molecule has 1 rings (SSSR count). The Balaban J connectivity index is 2.59. The van der Waals surface area contributed by atoms with Crippen LogP contribution < -0.4 is 4.74 Å². The second-order valence-corrected chi connectivity index (χ2v) is 7.47. The average Bonchev–Trinajstić information content (AvgIpc) is 2.49. The first-order valence-electron chi connectivity index (χ1n) is 6.17. The molecule has 0 N–H and O–H groups in total. The molecule has 0 unspecified atom stereocenters. The zero-order valence-corrected chi connectivity index (χ0v) is 13.6. The van der Waals surface area contributed by atoms with Crippen molar-refractivity contribution < 1.29 is 18.0 Å². The van der Waals surface area contributed by atoms with E-state index in [-0.39, 0.29) is 0 Å². The van der Waals surface area contributed by atoms with E-state index in [1.54, 1.807) is 21.3 Å². The van der Waals surface area contributed by atoms with E-state index in [1.807, 2.05) is 24.3 Å². The van der Waals surface area contributed by atoms with Gasteiger partial charge >= 0.3 is 8.80 Å². The minimum atomic E-state index is -2.55. The predicted molar refractivity (Wildman–Crippen MR) is 80.8 cm³/mol. The minimum Gasteiger partial charge on any atom is -0.497 e. The zero-order valence-electron chi connectivity index (χ0n) is 11.7. The molecule has 0 bridgehead atoms. The van der Waals surface area contributed by atoms with Crippen molar-refractivity contribution in [2.75, 3.05) is 27.1 Å². The van der Waals surface area contributed by atoms with Gasteiger partial charge in [-0.25, -0.2) is 0 Å². The van der Waals surface area contributed by atoms with Gasteiger partial charge in [-0.15, -0.1) is 0 Å². The number of rotatable bonds is 9. The fourth-order valence-corrected chi connectivity index (χ4v) is 4.10. The highest BCUT2D eigenvalue weighted by Gasteiger charge is 2.38. The van der Waals surface area contributed by atoms with Crippen LogP contribution in [0.3, 0.4) is 0 Å². The van der Waals surface area contributed by atoms with Gasteiger partial charge in [0.2, 0.25) is 0 Å². The molecule has 0 radical (unpaired) electrons. The average molecular weight is 302 g/mol. The number of thiol groups is 1. The fraction of sp³-hybridized carbons (Fsp3) is 0.538. The summed E-state index contributed by atoms with van der Waals surface area (Å²) in [5, 5.41) is 0. The third-order valence-electron chi connectivity index (χ3n) is 2.88. The van der Waals surface area contributed by atoms with Crippen LogP contribution in [0, 0.1) is 0 Å². The Morgan fingerprint density at radius 3 is 2.16 bits per heavy atom. The SMILES string of the molecule is COc1ccc(CO[Si](CCCS)(OC)OC)cc1. The van der Waals surface area contributed by atoms with Gasteiger partial charge in [0, 0.05) is 20.3 Å². The summed E-state index contributed by atoms with van der Waals surface area (Å²) in [4.78, 5) is 0. The molecule has 0 aliphatic rings. The van der Waals surface area contributed by atoms with Gasteiger partial charge in [0.15, 0.2) is 0 Å². The van der Waals surface area contributed by atoms with Gasteiger partial charge in [0.25, 0.3) is 0 Å². The topological polar surface area (TPSA) is 36.9 Å². The Hall–Kier alpha value is -0.533. The Morgan fingerprint density at radius 2 is 1.68 bits per heavy atom. The number of hydrogen-bond acceptors (Lipinski definition) is 5. The van der Waals surface area contributed by atoms with Crippen LogP contribution >= 0.6 is 12.6 Å². The molecule has 108 valence electrons. The second kappa shape index (κ2) is 8.60. The largest absolute Gasteiger partial charge is 0.500 e. The van der Waals surface area contributed by atoms with Crippen LogP contribution in [0.15, 0.2) is 24.3 Å². The fourth-order valence-electron chi connectivity index (χ4n) is 1.69. The van der Waals surface area contributed by atoms with E-state index in [9.17, 15) is 0 Å². The van der Waals surface area contributed by atoms with Crippen LogP contribution in [0.4, 0.5) is 0 Å². The molecule has 6 heteroatoms. The summed E-state index contributed by atoms with van der Waals surface area (Å²) in [7, 11) is 2.38.